The van der Waals surface area contributed by atoms with E-state index < -0.39 is 11.8 Å². The van der Waals surface area contributed by atoms with Gasteiger partial charge in [-0.05, 0) is 62.2 Å². The Labute approximate surface area is 193 Å². The second kappa shape index (κ2) is 11.5. The van der Waals surface area contributed by atoms with Crippen LogP contribution in [0.25, 0.3) is 0 Å². The minimum atomic E-state index is -0.866. The maximum atomic E-state index is 12.0. The van der Waals surface area contributed by atoms with E-state index in [0.717, 1.165) is 11.1 Å². The van der Waals surface area contributed by atoms with Crippen LogP contribution in [0.15, 0.2) is 71.8 Å². The molecule has 0 aliphatic heterocycles. The molecule has 2 amide bonds. The third-order valence-corrected chi connectivity index (χ3v) is 4.64. The van der Waals surface area contributed by atoms with Crippen LogP contribution in [-0.4, -0.2) is 24.6 Å². The van der Waals surface area contributed by atoms with E-state index in [2.05, 4.69) is 21.9 Å². The Balaban J connectivity index is 1.59. The van der Waals surface area contributed by atoms with Gasteiger partial charge in [-0.25, -0.2) is 5.43 Å². The van der Waals surface area contributed by atoms with E-state index >= 15 is 0 Å². The normalized spacial score (nSPS) is 10.6. The molecule has 0 radical (unpaired) electrons. The molecule has 7 heteroatoms. The molecule has 0 heterocycles. The summed E-state index contributed by atoms with van der Waals surface area (Å²) in [7, 11) is 0. The average Bonchev–Trinajstić information content (AvgIpc) is 2.80. The summed E-state index contributed by atoms with van der Waals surface area (Å²) >= 11 is 0. The van der Waals surface area contributed by atoms with Crippen molar-refractivity contribution in [3.63, 3.8) is 0 Å². The van der Waals surface area contributed by atoms with Crippen molar-refractivity contribution in [3.8, 4) is 11.5 Å². The summed E-state index contributed by atoms with van der Waals surface area (Å²) in [6.45, 7) is 6.75. The summed E-state index contributed by atoms with van der Waals surface area (Å²) in [5.41, 5.74) is 6.73. The Kier molecular flexibility index (Phi) is 8.18. The number of benzene rings is 3. The number of rotatable bonds is 8. The molecule has 0 fully saturated rings. The highest BCUT2D eigenvalue weighted by atomic mass is 16.5. The number of nitrogens with one attached hydrogen (secondary N) is 2. The van der Waals surface area contributed by atoms with Gasteiger partial charge in [0.05, 0.1) is 12.8 Å². The van der Waals surface area contributed by atoms with Gasteiger partial charge in [0.1, 0.15) is 6.61 Å². The number of nitrogens with zero attached hydrogens (tertiary/aromatic N) is 1. The fourth-order valence-electron chi connectivity index (χ4n) is 3.00. The molecular weight excluding hydrogens is 418 g/mol. The van der Waals surface area contributed by atoms with Crippen molar-refractivity contribution in [2.75, 3.05) is 11.9 Å². The van der Waals surface area contributed by atoms with Crippen molar-refractivity contribution in [2.24, 2.45) is 5.10 Å². The van der Waals surface area contributed by atoms with Crippen LogP contribution in [0.2, 0.25) is 0 Å². The molecule has 170 valence electrons. The highest BCUT2D eigenvalue weighted by Crippen LogP contribution is 2.29. The number of hydrazone groups is 1. The minimum Gasteiger partial charge on any atom is -0.490 e. The molecule has 0 saturated heterocycles. The van der Waals surface area contributed by atoms with Crippen LogP contribution in [0.3, 0.4) is 0 Å². The van der Waals surface area contributed by atoms with Crippen molar-refractivity contribution >= 4 is 23.7 Å². The van der Waals surface area contributed by atoms with Crippen LogP contribution in [-0.2, 0) is 16.2 Å². The van der Waals surface area contributed by atoms with Crippen LogP contribution in [0, 0.1) is 13.8 Å². The first kappa shape index (κ1) is 23.5. The predicted octanol–water partition coefficient (Wildman–Crippen LogP) is 4.37. The zero-order valence-corrected chi connectivity index (χ0v) is 18.9. The Morgan fingerprint density at radius 3 is 2.39 bits per heavy atom. The monoisotopic (exact) mass is 445 g/mol. The summed E-state index contributed by atoms with van der Waals surface area (Å²) in [6, 6.07) is 20.6. The number of ether oxygens (including phenoxy) is 2. The third-order valence-electron chi connectivity index (χ3n) is 4.64. The van der Waals surface area contributed by atoms with Crippen LogP contribution >= 0.6 is 0 Å². The third kappa shape index (κ3) is 7.21. The van der Waals surface area contributed by atoms with Gasteiger partial charge in [0.2, 0.25) is 0 Å². The van der Waals surface area contributed by atoms with Crippen molar-refractivity contribution in [2.45, 2.75) is 27.4 Å². The molecule has 0 saturated carbocycles. The predicted molar refractivity (Wildman–Crippen MR) is 129 cm³/mol. The fraction of sp³-hybridized carbons (Fsp3) is 0.192. The molecule has 2 N–H and O–H groups in total. The van der Waals surface area contributed by atoms with Gasteiger partial charge in [-0.3, -0.25) is 9.59 Å². The summed E-state index contributed by atoms with van der Waals surface area (Å²) in [4.78, 5) is 24.0. The quantitative estimate of drug-likeness (QED) is 0.306. The van der Waals surface area contributed by atoms with Gasteiger partial charge in [-0.2, -0.15) is 5.10 Å². The Morgan fingerprint density at radius 2 is 1.67 bits per heavy atom. The zero-order valence-electron chi connectivity index (χ0n) is 18.9. The Bertz CT molecular complexity index is 1140. The van der Waals surface area contributed by atoms with E-state index in [1.165, 1.54) is 11.8 Å². The second-order valence-electron chi connectivity index (χ2n) is 7.44. The van der Waals surface area contributed by atoms with Crippen molar-refractivity contribution in [3.05, 3.63) is 89.0 Å². The number of carbonyl (C=O) groups is 2. The van der Waals surface area contributed by atoms with E-state index in [4.69, 9.17) is 9.47 Å². The lowest BCUT2D eigenvalue weighted by Crippen LogP contribution is -2.32. The highest BCUT2D eigenvalue weighted by molar-refractivity contribution is 6.39. The number of carbonyl (C=O) groups excluding carboxylic acids is 2. The number of amides is 2. The Hall–Kier alpha value is -4.13. The highest BCUT2D eigenvalue weighted by Gasteiger charge is 2.13. The second-order valence-corrected chi connectivity index (χ2v) is 7.44. The lowest BCUT2D eigenvalue weighted by Gasteiger charge is -2.13. The molecule has 3 aromatic carbocycles. The Morgan fingerprint density at radius 1 is 0.879 bits per heavy atom. The van der Waals surface area contributed by atoms with Gasteiger partial charge in [0, 0.05) is 5.69 Å². The fourth-order valence-corrected chi connectivity index (χ4v) is 3.00. The van der Waals surface area contributed by atoms with Crippen molar-refractivity contribution in [1.82, 2.24) is 5.43 Å². The van der Waals surface area contributed by atoms with Gasteiger partial charge < -0.3 is 14.8 Å². The topological polar surface area (TPSA) is 89.0 Å². The van der Waals surface area contributed by atoms with Crippen LogP contribution in [0.5, 0.6) is 11.5 Å². The summed E-state index contributed by atoms with van der Waals surface area (Å²) < 4.78 is 11.6. The van der Waals surface area contributed by atoms with E-state index in [-0.39, 0.29) is 0 Å². The first-order valence-electron chi connectivity index (χ1n) is 10.6. The zero-order chi connectivity index (χ0) is 23.6. The van der Waals surface area contributed by atoms with Gasteiger partial charge in [0.25, 0.3) is 0 Å². The molecular formula is C26H27N3O4. The number of hydrogen-bond donors (Lipinski definition) is 2. The summed E-state index contributed by atoms with van der Waals surface area (Å²) in [5, 5.41) is 6.39. The number of hydrogen-bond acceptors (Lipinski definition) is 5. The molecule has 0 aliphatic rings. The molecule has 0 aromatic heterocycles. The minimum absolute atomic E-state index is 0.418. The van der Waals surface area contributed by atoms with Gasteiger partial charge in [-0.1, -0.05) is 47.5 Å². The van der Waals surface area contributed by atoms with E-state index in [1.54, 1.807) is 30.3 Å². The molecule has 3 rings (SSSR count). The first-order valence-corrected chi connectivity index (χ1v) is 10.6. The standard InChI is InChI=1S/C26H27N3O4/c1-4-32-24-15-20(10-13-23(24)33-17-21-7-5-6-19(3)14-21)16-27-29-26(31)25(30)28-22-11-8-18(2)9-12-22/h5-16H,4,17H2,1-3H3,(H,28,30)(H,29,31)/b27-16+. The molecule has 0 unspecified atom stereocenters. The molecule has 0 atom stereocenters. The van der Waals surface area contributed by atoms with Crippen molar-refractivity contribution < 1.29 is 19.1 Å². The molecule has 7 nitrogen and oxygen atoms in total. The van der Waals surface area contributed by atoms with Crippen LogP contribution < -0.4 is 20.2 Å². The SMILES string of the molecule is CCOc1cc(/C=N/NC(=O)C(=O)Nc2ccc(C)cc2)ccc1OCc1cccc(C)c1. The molecule has 0 spiro atoms. The number of anilines is 1. The smallest absolute Gasteiger partial charge is 0.329 e. The molecule has 0 bridgehead atoms. The largest absolute Gasteiger partial charge is 0.490 e. The van der Waals surface area contributed by atoms with Crippen molar-refractivity contribution in [1.29, 1.82) is 0 Å². The van der Waals surface area contributed by atoms with E-state index in [0.29, 0.717) is 36.0 Å². The molecule has 0 aliphatic carbocycles. The van der Waals surface area contributed by atoms with Gasteiger partial charge in [0.15, 0.2) is 11.5 Å². The summed E-state index contributed by atoms with van der Waals surface area (Å²) in [6.07, 6.45) is 1.43. The maximum absolute atomic E-state index is 12.0. The molecule has 3 aromatic rings. The summed E-state index contributed by atoms with van der Waals surface area (Å²) in [5.74, 6) is -0.490. The molecule has 33 heavy (non-hydrogen) atoms. The van der Waals surface area contributed by atoms with Crippen LogP contribution in [0.4, 0.5) is 5.69 Å². The lowest BCUT2D eigenvalue weighted by atomic mass is 10.1. The van der Waals surface area contributed by atoms with E-state index in [1.807, 2.05) is 51.1 Å². The van der Waals surface area contributed by atoms with Gasteiger partial charge >= 0.3 is 11.8 Å². The average molecular weight is 446 g/mol. The van der Waals surface area contributed by atoms with Crippen LogP contribution in [0.1, 0.15) is 29.2 Å². The maximum Gasteiger partial charge on any atom is 0.329 e. The van der Waals surface area contributed by atoms with E-state index in [9.17, 15) is 9.59 Å². The first-order chi connectivity index (χ1) is 15.9. The lowest BCUT2D eigenvalue weighted by molar-refractivity contribution is -0.136. The van der Waals surface area contributed by atoms with Gasteiger partial charge in [-0.15, -0.1) is 0 Å². The number of aryl methyl sites for hydroxylation is 2.